The summed E-state index contributed by atoms with van der Waals surface area (Å²) in [5.41, 5.74) is 5.34. The molecule has 5 nitrogen and oxygen atoms in total. The third-order valence-electron chi connectivity index (χ3n) is 1.51. The summed E-state index contributed by atoms with van der Waals surface area (Å²) >= 11 is 2.21. The van der Waals surface area contributed by atoms with Crippen LogP contribution < -0.4 is 5.73 Å². The van der Waals surface area contributed by atoms with Gasteiger partial charge in [0.1, 0.15) is 0 Å². The molecule has 0 aromatic rings. The van der Waals surface area contributed by atoms with E-state index >= 15 is 0 Å². The fourth-order valence-electron chi connectivity index (χ4n) is 0.882. The molecule has 0 aliphatic rings. The normalized spacial score (nSPS) is 12.3. The molecule has 13 heavy (non-hydrogen) atoms. The zero-order valence-electron chi connectivity index (χ0n) is 7.32. The van der Waals surface area contributed by atoms with E-state index in [1.807, 2.05) is 4.90 Å². The van der Waals surface area contributed by atoms with Crippen LogP contribution >= 0.6 is 22.6 Å². The van der Waals surface area contributed by atoms with E-state index in [-0.39, 0.29) is 5.75 Å². The lowest BCUT2D eigenvalue weighted by Gasteiger charge is -2.19. The second kappa shape index (κ2) is 6.93. The summed E-state index contributed by atoms with van der Waals surface area (Å²) in [6.45, 7) is 2.31. The molecule has 7 heteroatoms. The van der Waals surface area contributed by atoms with E-state index in [1.54, 1.807) is 0 Å². The molecule has 0 saturated heterocycles. The van der Waals surface area contributed by atoms with Gasteiger partial charge in [-0.2, -0.15) is 8.42 Å². The maximum atomic E-state index is 10.4. The molecule has 0 heterocycles. The highest BCUT2D eigenvalue weighted by molar-refractivity contribution is 14.1. The quantitative estimate of drug-likeness (QED) is 0.378. The van der Waals surface area contributed by atoms with Crippen LogP contribution in [0.25, 0.3) is 0 Å². The predicted molar refractivity (Wildman–Crippen MR) is 60.8 cm³/mol. The van der Waals surface area contributed by atoms with Crippen molar-refractivity contribution in [3.8, 4) is 0 Å². The predicted octanol–water partition coefficient (Wildman–Crippen LogP) is -0.430. The van der Waals surface area contributed by atoms with E-state index in [4.69, 9.17) is 10.3 Å². The third kappa shape index (κ3) is 8.88. The molecule has 0 rings (SSSR count). The summed E-state index contributed by atoms with van der Waals surface area (Å²) in [7, 11) is -3.84. The minimum absolute atomic E-state index is 0.219. The monoisotopic (exact) mass is 322 g/mol. The molecular weight excluding hydrogens is 307 g/mol. The van der Waals surface area contributed by atoms with E-state index in [9.17, 15) is 8.42 Å². The van der Waals surface area contributed by atoms with E-state index in [0.717, 1.165) is 11.0 Å². The number of hydrogen-bond acceptors (Lipinski definition) is 4. The van der Waals surface area contributed by atoms with Crippen molar-refractivity contribution < 1.29 is 13.0 Å². The van der Waals surface area contributed by atoms with Crippen LogP contribution in [0.1, 0.15) is 0 Å². The lowest BCUT2D eigenvalue weighted by molar-refractivity contribution is 0.314. The highest BCUT2D eigenvalue weighted by Gasteiger charge is 2.08. The van der Waals surface area contributed by atoms with Crippen LogP contribution in [-0.2, 0) is 10.1 Å². The highest BCUT2D eigenvalue weighted by atomic mass is 127. The molecular formula is C6H15IN2O3S. The SMILES string of the molecule is NCCN(CCI)CCS(=O)(=O)O. The first-order valence-electron chi connectivity index (χ1n) is 3.93. The standard InChI is InChI=1S/C6H15IN2O3S/c7-1-3-9(4-2-8)5-6-13(10,11)12/h1-6,8H2,(H,10,11,12). The Morgan fingerprint density at radius 2 is 1.92 bits per heavy atom. The van der Waals surface area contributed by atoms with Gasteiger partial charge in [0.05, 0.1) is 5.75 Å². The molecule has 0 radical (unpaired) electrons. The van der Waals surface area contributed by atoms with Gasteiger partial charge in [-0.05, 0) is 0 Å². The van der Waals surface area contributed by atoms with Crippen molar-refractivity contribution in [1.82, 2.24) is 4.90 Å². The van der Waals surface area contributed by atoms with Crippen LogP contribution in [0.2, 0.25) is 0 Å². The summed E-state index contributed by atoms with van der Waals surface area (Å²) in [6.07, 6.45) is 0. The van der Waals surface area contributed by atoms with Crippen molar-refractivity contribution in [2.24, 2.45) is 5.73 Å². The Hall–Kier alpha value is 0.560. The number of hydrogen-bond donors (Lipinski definition) is 2. The zero-order chi connectivity index (χ0) is 10.3. The summed E-state index contributed by atoms with van der Waals surface area (Å²) in [5.74, 6) is -0.219. The van der Waals surface area contributed by atoms with Crippen LogP contribution in [0.15, 0.2) is 0 Å². The van der Waals surface area contributed by atoms with Crippen LogP contribution in [-0.4, -0.2) is 54.2 Å². The minimum atomic E-state index is -3.84. The molecule has 0 aromatic heterocycles. The van der Waals surface area contributed by atoms with Crippen molar-refractivity contribution in [1.29, 1.82) is 0 Å². The molecule has 0 amide bonds. The Balaban J connectivity index is 3.81. The van der Waals surface area contributed by atoms with Crippen molar-refractivity contribution in [3.63, 3.8) is 0 Å². The first kappa shape index (κ1) is 13.6. The van der Waals surface area contributed by atoms with Crippen molar-refractivity contribution >= 4 is 32.7 Å². The Bertz CT molecular complexity index is 214. The second-order valence-corrected chi connectivity index (χ2v) is 5.26. The van der Waals surface area contributed by atoms with E-state index < -0.39 is 10.1 Å². The molecule has 0 unspecified atom stereocenters. The fourth-order valence-corrected chi connectivity index (χ4v) is 2.05. The molecule has 80 valence electrons. The second-order valence-electron chi connectivity index (χ2n) is 2.61. The number of alkyl halides is 1. The molecule has 0 atom stereocenters. The van der Waals surface area contributed by atoms with Gasteiger partial charge in [0.25, 0.3) is 10.1 Å². The molecule has 3 N–H and O–H groups in total. The highest BCUT2D eigenvalue weighted by Crippen LogP contribution is 1.93. The Morgan fingerprint density at radius 3 is 2.31 bits per heavy atom. The number of rotatable bonds is 7. The van der Waals surface area contributed by atoms with Gasteiger partial charge in [-0.25, -0.2) is 0 Å². The Morgan fingerprint density at radius 1 is 1.31 bits per heavy atom. The molecule has 0 aliphatic carbocycles. The van der Waals surface area contributed by atoms with Crippen LogP contribution in [0.4, 0.5) is 0 Å². The molecule has 0 bridgehead atoms. The van der Waals surface area contributed by atoms with Crippen molar-refractivity contribution in [2.45, 2.75) is 0 Å². The van der Waals surface area contributed by atoms with Crippen LogP contribution in [0, 0.1) is 0 Å². The molecule has 0 saturated carbocycles. The number of nitrogens with zero attached hydrogens (tertiary/aromatic N) is 1. The van der Waals surface area contributed by atoms with Crippen LogP contribution in [0.3, 0.4) is 0 Å². The van der Waals surface area contributed by atoms with Gasteiger partial charge >= 0.3 is 0 Å². The Kier molecular flexibility index (Phi) is 7.23. The third-order valence-corrected chi connectivity index (χ3v) is 2.69. The maximum absolute atomic E-state index is 10.4. The Labute approximate surface area is 92.6 Å². The summed E-state index contributed by atoms with van der Waals surface area (Å²) < 4.78 is 30.3. The van der Waals surface area contributed by atoms with Gasteiger partial charge in [-0.15, -0.1) is 0 Å². The largest absolute Gasteiger partial charge is 0.329 e. The maximum Gasteiger partial charge on any atom is 0.266 e. The number of nitrogens with two attached hydrogens (primary N) is 1. The lowest BCUT2D eigenvalue weighted by atomic mass is 10.5. The molecule has 0 aromatic carbocycles. The lowest BCUT2D eigenvalue weighted by Crippen LogP contribution is -2.34. The average molecular weight is 322 g/mol. The van der Waals surface area contributed by atoms with Gasteiger partial charge in [-0.1, -0.05) is 22.6 Å². The molecule has 0 spiro atoms. The first-order chi connectivity index (χ1) is 5.99. The van der Waals surface area contributed by atoms with E-state index in [1.165, 1.54) is 0 Å². The first-order valence-corrected chi connectivity index (χ1v) is 7.06. The average Bonchev–Trinajstić information content (AvgIpc) is 2.00. The van der Waals surface area contributed by atoms with Gasteiger partial charge in [0, 0.05) is 30.6 Å². The minimum Gasteiger partial charge on any atom is -0.329 e. The number of halogens is 1. The topological polar surface area (TPSA) is 83.6 Å². The summed E-state index contributed by atoms with van der Waals surface area (Å²) in [6, 6.07) is 0. The van der Waals surface area contributed by atoms with Gasteiger partial charge in [0.15, 0.2) is 0 Å². The smallest absolute Gasteiger partial charge is 0.266 e. The van der Waals surface area contributed by atoms with Gasteiger partial charge in [0.2, 0.25) is 0 Å². The molecule has 0 aliphatic heterocycles. The summed E-state index contributed by atoms with van der Waals surface area (Å²) in [5, 5.41) is 0. The summed E-state index contributed by atoms with van der Waals surface area (Å²) in [4.78, 5) is 1.92. The van der Waals surface area contributed by atoms with E-state index in [2.05, 4.69) is 22.6 Å². The zero-order valence-corrected chi connectivity index (χ0v) is 10.3. The van der Waals surface area contributed by atoms with Gasteiger partial charge in [-0.3, -0.25) is 4.55 Å². The van der Waals surface area contributed by atoms with Gasteiger partial charge < -0.3 is 10.6 Å². The van der Waals surface area contributed by atoms with E-state index in [0.29, 0.717) is 19.6 Å². The molecule has 0 fully saturated rings. The van der Waals surface area contributed by atoms with Crippen LogP contribution in [0.5, 0.6) is 0 Å². The fraction of sp³-hybridized carbons (Fsp3) is 1.00. The van der Waals surface area contributed by atoms with Crippen molar-refractivity contribution in [3.05, 3.63) is 0 Å². The van der Waals surface area contributed by atoms with Crippen molar-refractivity contribution in [2.75, 3.05) is 36.4 Å².